The van der Waals surface area contributed by atoms with E-state index in [0.29, 0.717) is 25.7 Å². The number of aromatic nitrogens is 4. The van der Waals surface area contributed by atoms with Crippen molar-refractivity contribution in [1.82, 2.24) is 24.8 Å². The van der Waals surface area contributed by atoms with Gasteiger partial charge in [-0.1, -0.05) is 36.4 Å². The van der Waals surface area contributed by atoms with Gasteiger partial charge in [-0.05, 0) is 29.7 Å². The van der Waals surface area contributed by atoms with Crippen LogP contribution in [0.1, 0.15) is 23.9 Å². The van der Waals surface area contributed by atoms with Gasteiger partial charge >= 0.3 is 0 Å². The number of nitrogens with one attached hydrogen (secondary N) is 1. The molecule has 0 spiro atoms. The van der Waals surface area contributed by atoms with Gasteiger partial charge in [0, 0.05) is 31.0 Å². The molecule has 0 radical (unpaired) electrons. The van der Waals surface area contributed by atoms with Crippen LogP contribution in [0.5, 0.6) is 0 Å². The molecule has 2 aliphatic heterocycles. The number of rotatable bonds is 3. The molecule has 1 saturated heterocycles. The molecule has 2 aromatic carbocycles. The van der Waals surface area contributed by atoms with E-state index in [1.807, 2.05) is 29.4 Å². The van der Waals surface area contributed by atoms with Crippen molar-refractivity contribution in [2.75, 3.05) is 31.1 Å². The molecule has 1 amide bonds. The van der Waals surface area contributed by atoms with Crippen LogP contribution in [0.2, 0.25) is 0 Å². The number of nitrogens with zero attached hydrogens (tertiary/aromatic N) is 5. The highest BCUT2D eigenvalue weighted by molar-refractivity contribution is 5.83. The van der Waals surface area contributed by atoms with Gasteiger partial charge in [0.1, 0.15) is 12.4 Å². The van der Waals surface area contributed by atoms with Crippen molar-refractivity contribution in [3.63, 3.8) is 0 Å². The Kier molecular flexibility index (Phi) is 4.99. The molecule has 166 valence electrons. The second-order valence-corrected chi connectivity index (χ2v) is 8.44. The lowest BCUT2D eigenvalue weighted by Crippen LogP contribution is -2.34. The van der Waals surface area contributed by atoms with E-state index in [4.69, 9.17) is 9.72 Å². The third kappa shape index (κ3) is 3.72. The molecular formula is C25H24N6O2. The Hall–Kier alpha value is -3.78. The van der Waals surface area contributed by atoms with Crippen LogP contribution in [-0.4, -0.2) is 51.7 Å². The summed E-state index contributed by atoms with van der Waals surface area (Å²) in [5, 5.41) is 2.88. The molecule has 8 nitrogen and oxygen atoms in total. The zero-order chi connectivity index (χ0) is 22.2. The summed E-state index contributed by atoms with van der Waals surface area (Å²) in [4.78, 5) is 27.7. The number of fused-ring (bicyclic) bond motifs is 3. The Morgan fingerprint density at radius 3 is 2.73 bits per heavy atom. The van der Waals surface area contributed by atoms with Crippen molar-refractivity contribution in [3.05, 3.63) is 72.3 Å². The number of amides is 1. The molecule has 8 heteroatoms. The Labute approximate surface area is 191 Å². The number of ether oxygens (including phenoxy) is 1. The molecular weight excluding hydrogens is 416 g/mol. The number of imidazole rings is 1. The highest BCUT2D eigenvalue weighted by atomic mass is 16.5. The number of carbonyl (C=O) groups is 1. The number of hydrogen-bond donors (Lipinski definition) is 1. The monoisotopic (exact) mass is 440 g/mol. The van der Waals surface area contributed by atoms with Crippen LogP contribution in [0.25, 0.3) is 22.2 Å². The van der Waals surface area contributed by atoms with Crippen LogP contribution in [0.15, 0.2) is 60.9 Å². The summed E-state index contributed by atoms with van der Waals surface area (Å²) < 4.78 is 8.15. The highest BCUT2D eigenvalue weighted by Crippen LogP contribution is 2.32. The first-order chi connectivity index (χ1) is 16.3. The first kappa shape index (κ1) is 19.9. The average molecular weight is 441 g/mol. The van der Waals surface area contributed by atoms with E-state index in [1.165, 1.54) is 5.56 Å². The lowest BCUT2D eigenvalue weighted by atomic mass is 10.1. The average Bonchev–Trinajstić information content (AvgIpc) is 3.10. The van der Waals surface area contributed by atoms with Gasteiger partial charge in [0.25, 0.3) is 0 Å². The smallest absolute Gasteiger partial charge is 0.239 e. The lowest BCUT2D eigenvalue weighted by molar-refractivity contribution is -0.119. The molecule has 0 bridgehead atoms. The minimum Gasteiger partial charge on any atom is -0.371 e. The standard InChI is InChI=1S/C25H24N6O2/c32-24-14-30(10-4-9-26-24)25-27-12-19(13-28-25)18-7-8-20-21(11-18)31-22(15-33-16-23(31)29-20)17-5-2-1-3-6-17/h1-3,5-8,11-13,22H,4,9-10,14-16H2,(H,26,32)/t22-/m1/s1. The molecule has 1 fully saturated rings. The number of hydrogen-bond acceptors (Lipinski definition) is 6. The third-order valence-corrected chi connectivity index (χ3v) is 6.28. The molecule has 2 aliphatic rings. The third-order valence-electron chi connectivity index (χ3n) is 6.28. The van der Waals surface area contributed by atoms with Crippen molar-refractivity contribution in [2.45, 2.75) is 19.1 Å². The molecule has 0 aliphatic carbocycles. The molecule has 4 aromatic rings. The summed E-state index contributed by atoms with van der Waals surface area (Å²) in [6.45, 7) is 2.87. The van der Waals surface area contributed by atoms with Crippen molar-refractivity contribution < 1.29 is 9.53 Å². The van der Waals surface area contributed by atoms with E-state index in [0.717, 1.165) is 41.0 Å². The molecule has 4 heterocycles. The summed E-state index contributed by atoms with van der Waals surface area (Å²) in [5.41, 5.74) is 5.20. The second kappa shape index (κ2) is 8.29. The molecule has 33 heavy (non-hydrogen) atoms. The number of benzene rings is 2. The van der Waals surface area contributed by atoms with Crippen LogP contribution in [0.4, 0.5) is 5.95 Å². The first-order valence-corrected chi connectivity index (χ1v) is 11.2. The van der Waals surface area contributed by atoms with Crippen LogP contribution >= 0.6 is 0 Å². The summed E-state index contributed by atoms with van der Waals surface area (Å²) in [6, 6.07) is 16.8. The number of carbonyl (C=O) groups excluding carboxylic acids is 1. The van der Waals surface area contributed by atoms with E-state index in [2.05, 4.69) is 56.3 Å². The topological polar surface area (TPSA) is 85.2 Å². The van der Waals surface area contributed by atoms with Crippen molar-refractivity contribution in [2.24, 2.45) is 0 Å². The van der Waals surface area contributed by atoms with Crippen molar-refractivity contribution in [1.29, 1.82) is 0 Å². The maximum atomic E-state index is 11.9. The van der Waals surface area contributed by atoms with Gasteiger partial charge in [-0.3, -0.25) is 4.79 Å². The summed E-state index contributed by atoms with van der Waals surface area (Å²) >= 11 is 0. The quantitative estimate of drug-likeness (QED) is 0.527. The van der Waals surface area contributed by atoms with Gasteiger partial charge in [0.2, 0.25) is 11.9 Å². The van der Waals surface area contributed by atoms with E-state index >= 15 is 0 Å². The van der Waals surface area contributed by atoms with Gasteiger partial charge in [0.05, 0.1) is 30.2 Å². The summed E-state index contributed by atoms with van der Waals surface area (Å²) in [5.74, 6) is 1.53. The first-order valence-electron chi connectivity index (χ1n) is 11.2. The summed E-state index contributed by atoms with van der Waals surface area (Å²) in [6.07, 6.45) is 4.54. The van der Waals surface area contributed by atoms with Gasteiger partial charge in [-0.2, -0.15) is 0 Å². The van der Waals surface area contributed by atoms with Crippen molar-refractivity contribution in [3.8, 4) is 11.1 Å². The van der Waals surface area contributed by atoms with Crippen LogP contribution in [0, 0.1) is 0 Å². The lowest BCUT2D eigenvalue weighted by Gasteiger charge is -2.26. The fourth-order valence-electron chi connectivity index (χ4n) is 4.64. The van der Waals surface area contributed by atoms with Crippen molar-refractivity contribution >= 4 is 22.9 Å². The van der Waals surface area contributed by atoms with Crippen LogP contribution < -0.4 is 10.2 Å². The Balaban J connectivity index is 1.35. The fourth-order valence-corrected chi connectivity index (χ4v) is 4.64. The Morgan fingerprint density at radius 2 is 1.88 bits per heavy atom. The van der Waals surface area contributed by atoms with Gasteiger partial charge in [0.15, 0.2) is 0 Å². The van der Waals surface area contributed by atoms with E-state index in [-0.39, 0.29) is 18.5 Å². The van der Waals surface area contributed by atoms with E-state index < -0.39 is 0 Å². The Bertz CT molecular complexity index is 1300. The van der Waals surface area contributed by atoms with Gasteiger partial charge in [-0.25, -0.2) is 15.0 Å². The van der Waals surface area contributed by atoms with Gasteiger partial charge in [-0.15, -0.1) is 0 Å². The van der Waals surface area contributed by atoms with E-state index in [1.54, 1.807) is 0 Å². The zero-order valence-corrected chi connectivity index (χ0v) is 18.1. The normalized spacial score (nSPS) is 18.6. The van der Waals surface area contributed by atoms with Crippen LogP contribution in [0.3, 0.4) is 0 Å². The summed E-state index contributed by atoms with van der Waals surface area (Å²) in [7, 11) is 0. The molecule has 6 rings (SSSR count). The number of anilines is 1. The zero-order valence-electron chi connectivity index (χ0n) is 18.1. The maximum Gasteiger partial charge on any atom is 0.239 e. The molecule has 2 aromatic heterocycles. The molecule has 0 saturated carbocycles. The molecule has 1 atom stereocenters. The fraction of sp³-hybridized carbons (Fsp3) is 0.280. The maximum absolute atomic E-state index is 11.9. The predicted octanol–water partition coefficient (Wildman–Crippen LogP) is 2.94. The van der Waals surface area contributed by atoms with Crippen LogP contribution in [-0.2, 0) is 16.1 Å². The second-order valence-electron chi connectivity index (χ2n) is 8.44. The predicted molar refractivity (Wildman–Crippen MR) is 125 cm³/mol. The van der Waals surface area contributed by atoms with Gasteiger partial charge < -0.3 is 19.5 Å². The largest absolute Gasteiger partial charge is 0.371 e. The Morgan fingerprint density at radius 1 is 1.03 bits per heavy atom. The molecule has 1 N–H and O–H groups in total. The van der Waals surface area contributed by atoms with E-state index in [9.17, 15) is 4.79 Å². The minimum absolute atomic E-state index is 0.00749. The molecule has 0 unspecified atom stereocenters. The SMILES string of the molecule is O=C1CN(c2ncc(-c3ccc4nc5n(c4c3)[C@@H](c3ccccc3)COC5)cn2)CCCN1. The highest BCUT2D eigenvalue weighted by Gasteiger charge is 2.25. The minimum atomic E-state index is 0.00749.